The van der Waals surface area contributed by atoms with Crippen molar-refractivity contribution in [1.82, 2.24) is 20.4 Å². The molecule has 12 nitrogen and oxygen atoms in total. The molecule has 2 bridgehead atoms. The molecule has 67 heavy (non-hydrogen) atoms. The average Bonchev–Trinajstić information content (AvgIpc) is 4.14. The second kappa shape index (κ2) is 18.7. The molecule has 0 radical (unpaired) electrons. The molecule has 0 spiro atoms. The maximum absolute atomic E-state index is 14.0. The molecule has 9 atom stereocenters. The molecule has 0 aromatic heterocycles. The normalized spacial score (nSPS) is 25.9. The quantitative estimate of drug-likeness (QED) is 0.196. The number of aliphatic imine (C=N–C) groups is 2. The van der Waals surface area contributed by atoms with Crippen LogP contribution in [0.1, 0.15) is 121 Å². The molecule has 12 heteroatoms. The first-order chi connectivity index (χ1) is 32.1. The van der Waals surface area contributed by atoms with Crippen LogP contribution in [-0.2, 0) is 25.5 Å². The molecular weight excluding hydrogens is 841 g/mol. The van der Waals surface area contributed by atoms with Crippen molar-refractivity contribution in [3.05, 3.63) is 83.1 Å². The highest BCUT2D eigenvalue weighted by atomic mass is 16.5. The number of allylic oxidation sites excluding steroid dienone is 1. The number of methoxy groups -OCH3 is 2. The topological polar surface area (TPSA) is 142 Å². The molecule has 10 rings (SSSR count). The predicted molar refractivity (Wildman–Crippen MR) is 264 cm³/mol. The SMILES string of the molecule is COC(=O)N[C@H](C(=O)N1C[C@@H](C)C[C@H]1C1=NC=C(c2ccc(-c3ccc(-c4ccc5c(c4)CC([C@@H]4C[C@H](C)CN4C(=O)[C@@H](NC(=O)OC)C(C)C)=N5)c4c3C3CCC4CC3C)cc2)C1)C(C)C. The maximum Gasteiger partial charge on any atom is 0.407 e. The van der Waals surface area contributed by atoms with E-state index < -0.39 is 24.3 Å². The first-order valence-electron chi connectivity index (χ1n) is 24.7. The van der Waals surface area contributed by atoms with E-state index in [-0.39, 0.29) is 35.7 Å². The molecule has 1 saturated carbocycles. The van der Waals surface area contributed by atoms with Gasteiger partial charge in [-0.25, -0.2) is 9.59 Å². The fourth-order valence-corrected chi connectivity index (χ4v) is 12.3. The van der Waals surface area contributed by atoms with Gasteiger partial charge in [0.2, 0.25) is 11.8 Å². The van der Waals surface area contributed by atoms with Gasteiger partial charge in [0.1, 0.15) is 12.1 Å². The van der Waals surface area contributed by atoms with Crippen LogP contribution in [0.2, 0.25) is 0 Å². The highest BCUT2D eigenvalue weighted by Crippen LogP contribution is 2.57. The summed E-state index contributed by atoms with van der Waals surface area (Å²) in [6, 6.07) is 18.9. The first kappa shape index (κ1) is 46.3. The molecule has 2 N–H and O–H groups in total. The average molecular weight is 909 g/mol. The second-order valence-corrected chi connectivity index (χ2v) is 21.1. The van der Waals surface area contributed by atoms with Crippen LogP contribution < -0.4 is 10.6 Å². The number of likely N-dealkylation sites (tertiary alicyclic amines) is 2. The highest BCUT2D eigenvalue weighted by Gasteiger charge is 2.44. The van der Waals surface area contributed by atoms with Gasteiger partial charge in [-0.05, 0) is 136 Å². The number of nitrogens with zero attached hydrogens (tertiary/aromatic N) is 4. The summed E-state index contributed by atoms with van der Waals surface area (Å²) in [6.45, 7) is 15.8. The van der Waals surface area contributed by atoms with E-state index in [1.165, 1.54) is 72.4 Å². The molecule has 354 valence electrons. The van der Waals surface area contributed by atoms with E-state index in [4.69, 9.17) is 19.5 Å². The van der Waals surface area contributed by atoms with Crippen LogP contribution in [0.25, 0.3) is 27.8 Å². The number of carbonyl (C=O) groups is 4. The molecule has 3 fully saturated rings. The number of nitrogens with one attached hydrogen (secondary N) is 2. The third-order valence-electron chi connectivity index (χ3n) is 15.7. The lowest BCUT2D eigenvalue weighted by Crippen LogP contribution is -2.53. The van der Waals surface area contributed by atoms with E-state index in [1.807, 2.05) is 43.7 Å². The molecule has 4 aliphatic heterocycles. The van der Waals surface area contributed by atoms with Crippen molar-refractivity contribution in [2.24, 2.45) is 39.6 Å². The Morgan fingerprint density at radius 2 is 1.21 bits per heavy atom. The summed E-state index contributed by atoms with van der Waals surface area (Å²) in [5, 5.41) is 5.55. The van der Waals surface area contributed by atoms with Gasteiger partial charge in [-0.1, -0.05) is 90.9 Å². The van der Waals surface area contributed by atoms with Gasteiger partial charge in [-0.15, -0.1) is 0 Å². The number of carbonyl (C=O) groups excluding carboxylic acids is 4. The van der Waals surface area contributed by atoms with Crippen LogP contribution >= 0.6 is 0 Å². The fraction of sp³-hybridized carbons (Fsp3) is 0.527. The van der Waals surface area contributed by atoms with E-state index in [1.54, 1.807) is 0 Å². The Hall–Kier alpha value is -5.78. The van der Waals surface area contributed by atoms with Crippen molar-refractivity contribution in [1.29, 1.82) is 0 Å². The number of benzene rings is 3. The third kappa shape index (κ3) is 8.81. The zero-order valence-corrected chi connectivity index (χ0v) is 40.7. The van der Waals surface area contributed by atoms with Crippen molar-refractivity contribution in [2.45, 2.75) is 129 Å². The smallest absolute Gasteiger partial charge is 0.407 e. The van der Waals surface area contributed by atoms with Crippen LogP contribution in [0.4, 0.5) is 15.3 Å². The van der Waals surface area contributed by atoms with Gasteiger partial charge >= 0.3 is 12.2 Å². The molecule has 2 saturated heterocycles. The lowest BCUT2D eigenvalue weighted by Gasteiger charge is -2.45. The molecular formula is C55H68N6O6. The van der Waals surface area contributed by atoms with Gasteiger partial charge in [0.05, 0.1) is 32.0 Å². The van der Waals surface area contributed by atoms with Crippen molar-refractivity contribution < 1.29 is 28.7 Å². The zero-order chi connectivity index (χ0) is 47.4. The van der Waals surface area contributed by atoms with Crippen molar-refractivity contribution in [2.75, 3.05) is 27.3 Å². The molecule has 3 unspecified atom stereocenters. The highest BCUT2D eigenvalue weighted by molar-refractivity contribution is 6.04. The van der Waals surface area contributed by atoms with E-state index >= 15 is 0 Å². The summed E-state index contributed by atoms with van der Waals surface area (Å²) in [5.74, 6) is 1.91. The molecule has 3 aliphatic carbocycles. The zero-order valence-electron chi connectivity index (χ0n) is 40.7. The minimum Gasteiger partial charge on any atom is -0.453 e. The summed E-state index contributed by atoms with van der Waals surface area (Å²) in [7, 11) is 2.64. The summed E-state index contributed by atoms with van der Waals surface area (Å²) < 4.78 is 9.71. The standard InChI is InChI=1S/C55H68N6O6/c1-29(2)50(58-54(64)66-8)52(62)60-27-31(5)20-46(60)44-25-39(26-56-44)34-10-12-35(13-11-34)41-17-18-42(48-37-14-16-40(49(41)48)33(7)22-37)36-15-19-43-38(23-36)24-45(57-43)47-21-32(6)28-61(47)53(63)51(30(3)4)59-55(65)67-9/h10-13,15,17-19,23,26,29-33,37,40,46-47,50-51H,14,16,20-22,24-25,27-28H2,1-9H3,(H,58,64)(H,59,65)/t31-,32-,33?,37?,40?,46-,47-,50-,51-/m0/s1. The Kier molecular flexibility index (Phi) is 12.9. The van der Waals surface area contributed by atoms with Crippen LogP contribution in [-0.4, -0.2) is 96.7 Å². The molecule has 3 aromatic rings. The largest absolute Gasteiger partial charge is 0.453 e. The summed E-state index contributed by atoms with van der Waals surface area (Å²) in [6.07, 6.45) is 7.46. The second-order valence-electron chi connectivity index (χ2n) is 21.1. The number of rotatable bonds is 11. The van der Waals surface area contributed by atoms with Crippen LogP contribution in [0.5, 0.6) is 0 Å². The maximum atomic E-state index is 14.0. The Bertz CT molecular complexity index is 2540. The van der Waals surface area contributed by atoms with Crippen molar-refractivity contribution in [3.8, 4) is 22.3 Å². The Morgan fingerprint density at radius 1 is 0.657 bits per heavy atom. The van der Waals surface area contributed by atoms with Crippen molar-refractivity contribution >= 4 is 46.7 Å². The molecule has 7 aliphatic rings. The van der Waals surface area contributed by atoms with E-state index in [9.17, 15) is 19.2 Å². The van der Waals surface area contributed by atoms with Gasteiger partial charge in [0.25, 0.3) is 0 Å². The molecule has 3 aromatic carbocycles. The minimum atomic E-state index is -0.672. The Labute approximate surface area is 396 Å². The number of hydrogen-bond donors (Lipinski definition) is 2. The molecule has 4 heterocycles. The fourth-order valence-electron chi connectivity index (χ4n) is 12.3. The van der Waals surface area contributed by atoms with E-state index in [0.29, 0.717) is 55.5 Å². The van der Waals surface area contributed by atoms with Gasteiger partial charge in [-0.2, -0.15) is 0 Å². The summed E-state index contributed by atoms with van der Waals surface area (Å²) in [4.78, 5) is 66.3. The number of fused-ring (bicyclic) bond motifs is 3. The minimum absolute atomic E-state index is 0.0814. The first-order valence-corrected chi connectivity index (χ1v) is 24.7. The Morgan fingerprint density at radius 3 is 1.78 bits per heavy atom. The third-order valence-corrected chi connectivity index (χ3v) is 15.7. The van der Waals surface area contributed by atoms with Crippen molar-refractivity contribution in [3.63, 3.8) is 0 Å². The van der Waals surface area contributed by atoms with E-state index in [2.05, 4.69) is 86.0 Å². The van der Waals surface area contributed by atoms with Crippen LogP contribution in [0.3, 0.4) is 0 Å². The van der Waals surface area contributed by atoms with Gasteiger partial charge in [0.15, 0.2) is 0 Å². The summed E-state index contributed by atoms with van der Waals surface area (Å²) in [5.41, 5.74) is 14.6. The van der Waals surface area contributed by atoms with Gasteiger partial charge in [-0.3, -0.25) is 19.6 Å². The number of alkyl carbamates (subject to hydrolysis) is 2. The number of ether oxygens (including phenoxy) is 2. The summed E-state index contributed by atoms with van der Waals surface area (Å²) >= 11 is 0. The van der Waals surface area contributed by atoms with Crippen LogP contribution in [0, 0.1) is 29.6 Å². The number of hydrogen-bond acceptors (Lipinski definition) is 8. The van der Waals surface area contributed by atoms with Gasteiger partial charge in [0, 0.05) is 43.6 Å². The predicted octanol–water partition coefficient (Wildman–Crippen LogP) is 10.1. The lowest BCUT2D eigenvalue weighted by molar-refractivity contribution is -0.135. The number of amides is 4. The lowest BCUT2D eigenvalue weighted by atomic mass is 9.59. The Balaban J connectivity index is 0.934. The molecule has 4 amide bonds. The van der Waals surface area contributed by atoms with Gasteiger partial charge < -0.3 is 29.9 Å². The monoisotopic (exact) mass is 909 g/mol. The van der Waals surface area contributed by atoms with E-state index in [0.717, 1.165) is 41.1 Å². The van der Waals surface area contributed by atoms with Crippen LogP contribution in [0.15, 0.2) is 70.8 Å².